The second kappa shape index (κ2) is 9.17. The first kappa shape index (κ1) is 22.5. The summed E-state index contributed by atoms with van der Waals surface area (Å²) in [5, 5.41) is 5.04. The number of fused-ring (bicyclic) bond motifs is 1. The quantitative estimate of drug-likeness (QED) is 0.446. The van der Waals surface area contributed by atoms with Gasteiger partial charge in [0.1, 0.15) is 12.0 Å². The molecule has 2 saturated heterocycles. The minimum absolute atomic E-state index is 0.0760. The zero-order valence-corrected chi connectivity index (χ0v) is 19.4. The van der Waals surface area contributed by atoms with Crippen molar-refractivity contribution in [1.29, 1.82) is 0 Å². The van der Waals surface area contributed by atoms with Crippen molar-refractivity contribution in [1.82, 2.24) is 26.6 Å². The first-order valence-corrected chi connectivity index (χ1v) is 11.5. The largest absolute Gasteiger partial charge is 0.441 e. The van der Waals surface area contributed by atoms with Crippen LogP contribution in [0.2, 0.25) is 0 Å². The fraction of sp³-hybridized carbons (Fsp3) is 0.360. The van der Waals surface area contributed by atoms with Crippen molar-refractivity contribution in [2.24, 2.45) is 5.92 Å². The van der Waals surface area contributed by atoms with Gasteiger partial charge < -0.3 is 9.73 Å². The molecule has 4 N–H and O–H groups in total. The van der Waals surface area contributed by atoms with Crippen molar-refractivity contribution in [3.05, 3.63) is 71.5 Å². The molecule has 0 spiro atoms. The van der Waals surface area contributed by atoms with E-state index in [1.807, 2.05) is 11.1 Å². The first-order valence-electron chi connectivity index (χ1n) is 11.5. The zero-order valence-electron chi connectivity index (χ0n) is 19.4. The summed E-state index contributed by atoms with van der Waals surface area (Å²) in [4.78, 5) is 17.0. The predicted molar refractivity (Wildman–Crippen MR) is 127 cm³/mol. The molecule has 3 aromatic rings. The van der Waals surface area contributed by atoms with E-state index >= 15 is 0 Å². The van der Waals surface area contributed by atoms with Gasteiger partial charge in [-0.3, -0.25) is 9.80 Å². The SMILES string of the molecule is Cc1ccc(-c2cnc(CCC(=O)NC3NNC4C3C(C)NN4c3ccc(F)cc3)o2)cc1C. The molecule has 3 heterocycles. The summed E-state index contributed by atoms with van der Waals surface area (Å²) < 4.78 is 19.2. The Labute approximate surface area is 197 Å². The van der Waals surface area contributed by atoms with Crippen LogP contribution in [-0.4, -0.2) is 29.3 Å². The number of hydrazine groups is 2. The van der Waals surface area contributed by atoms with Crippen molar-refractivity contribution in [2.45, 2.75) is 52.0 Å². The van der Waals surface area contributed by atoms with Gasteiger partial charge in [0.15, 0.2) is 11.7 Å². The molecule has 2 fully saturated rings. The number of aryl methyl sites for hydroxylation is 3. The molecule has 2 aliphatic rings. The number of rotatable bonds is 6. The fourth-order valence-electron chi connectivity index (χ4n) is 4.62. The van der Waals surface area contributed by atoms with Gasteiger partial charge in [-0.25, -0.2) is 25.7 Å². The molecular formula is C25H29FN6O2. The molecule has 4 atom stereocenters. The molecule has 34 heavy (non-hydrogen) atoms. The lowest BCUT2D eigenvalue weighted by Gasteiger charge is -2.25. The van der Waals surface area contributed by atoms with Crippen LogP contribution in [0.4, 0.5) is 10.1 Å². The predicted octanol–water partition coefficient (Wildman–Crippen LogP) is 2.94. The Bertz CT molecular complexity index is 1180. The monoisotopic (exact) mass is 464 g/mol. The Kier molecular flexibility index (Phi) is 6.07. The van der Waals surface area contributed by atoms with Gasteiger partial charge in [-0.05, 0) is 62.2 Å². The highest BCUT2D eigenvalue weighted by molar-refractivity contribution is 5.76. The van der Waals surface area contributed by atoms with E-state index in [2.05, 4.69) is 59.5 Å². The number of hydrogen-bond acceptors (Lipinski definition) is 7. The van der Waals surface area contributed by atoms with Gasteiger partial charge in [0.25, 0.3) is 0 Å². The number of oxazole rings is 1. The van der Waals surface area contributed by atoms with Crippen molar-refractivity contribution in [3.8, 4) is 11.3 Å². The normalized spacial score (nSPS) is 23.8. The number of benzene rings is 2. The van der Waals surface area contributed by atoms with E-state index < -0.39 is 0 Å². The smallest absolute Gasteiger partial charge is 0.221 e. The number of anilines is 1. The summed E-state index contributed by atoms with van der Waals surface area (Å²) in [6.07, 6.45) is 2.06. The van der Waals surface area contributed by atoms with Crippen molar-refractivity contribution in [3.63, 3.8) is 0 Å². The highest BCUT2D eigenvalue weighted by Crippen LogP contribution is 2.30. The Balaban J connectivity index is 1.17. The molecule has 8 nitrogen and oxygen atoms in total. The molecule has 4 unspecified atom stereocenters. The van der Waals surface area contributed by atoms with E-state index in [-0.39, 0.29) is 42.4 Å². The van der Waals surface area contributed by atoms with Crippen LogP contribution in [0.1, 0.15) is 30.4 Å². The number of carbonyl (C=O) groups excluding carboxylic acids is 1. The lowest BCUT2D eigenvalue weighted by molar-refractivity contribution is -0.122. The average molecular weight is 465 g/mol. The molecule has 0 radical (unpaired) electrons. The van der Waals surface area contributed by atoms with Crippen LogP contribution in [-0.2, 0) is 11.2 Å². The lowest BCUT2D eigenvalue weighted by atomic mass is 9.98. The van der Waals surface area contributed by atoms with E-state index in [1.54, 1.807) is 18.3 Å². The van der Waals surface area contributed by atoms with Gasteiger partial charge >= 0.3 is 0 Å². The summed E-state index contributed by atoms with van der Waals surface area (Å²) in [7, 11) is 0. The van der Waals surface area contributed by atoms with Crippen LogP contribution in [0.15, 0.2) is 53.1 Å². The Morgan fingerprint density at radius 1 is 1.15 bits per heavy atom. The second-order valence-electron chi connectivity index (χ2n) is 9.04. The van der Waals surface area contributed by atoms with E-state index in [1.165, 1.54) is 23.3 Å². The number of carbonyl (C=O) groups is 1. The van der Waals surface area contributed by atoms with E-state index in [4.69, 9.17) is 4.42 Å². The molecule has 0 bridgehead atoms. The molecule has 9 heteroatoms. The van der Waals surface area contributed by atoms with Crippen molar-refractivity contribution < 1.29 is 13.6 Å². The molecule has 2 aliphatic heterocycles. The summed E-state index contributed by atoms with van der Waals surface area (Å²) in [6, 6.07) is 12.6. The van der Waals surface area contributed by atoms with Gasteiger partial charge in [-0.1, -0.05) is 12.1 Å². The maximum Gasteiger partial charge on any atom is 0.221 e. The number of aromatic nitrogens is 1. The standard InChI is InChI=1S/C25H29FN6O2/c1-14-4-5-17(12-15(14)2)20-13-27-22(34-20)11-10-21(33)28-24-23-16(3)31-32(25(23)30-29-24)19-8-6-18(26)7-9-19/h4-9,12-13,16,23-25,29-31H,10-11H2,1-3H3,(H,28,33). The second-order valence-corrected chi connectivity index (χ2v) is 9.04. The Morgan fingerprint density at radius 2 is 1.94 bits per heavy atom. The highest BCUT2D eigenvalue weighted by atomic mass is 19.1. The summed E-state index contributed by atoms with van der Waals surface area (Å²) in [5.41, 5.74) is 14.1. The summed E-state index contributed by atoms with van der Waals surface area (Å²) in [5.74, 6) is 0.958. The van der Waals surface area contributed by atoms with Crippen molar-refractivity contribution in [2.75, 3.05) is 5.01 Å². The Morgan fingerprint density at radius 3 is 2.71 bits per heavy atom. The zero-order chi connectivity index (χ0) is 23.8. The molecule has 0 saturated carbocycles. The van der Waals surface area contributed by atoms with Gasteiger partial charge in [0, 0.05) is 30.4 Å². The van der Waals surface area contributed by atoms with Crippen molar-refractivity contribution >= 4 is 11.6 Å². The minimum Gasteiger partial charge on any atom is -0.441 e. The minimum atomic E-state index is -0.276. The topological polar surface area (TPSA) is 94.5 Å². The molecule has 2 aromatic carbocycles. The summed E-state index contributed by atoms with van der Waals surface area (Å²) in [6.45, 7) is 6.20. The lowest BCUT2D eigenvalue weighted by Crippen LogP contribution is -2.52. The average Bonchev–Trinajstić information content (AvgIpc) is 3.53. The van der Waals surface area contributed by atoms with Gasteiger partial charge in [-0.2, -0.15) is 0 Å². The first-order chi connectivity index (χ1) is 16.4. The number of nitrogens with zero attached hydrogens (tertiary/aromatic N) is 2. The Hall–Kier alpha value is -3.27. The summed E-state index contributed by atoms with van der Waals surface area (Å²) >= 11 is 0. The third-order valence-corrected chi connectivity index (χ3v) is 6.67. The van der Waals surface area contributed by atoms with Gasteiger partial charge in [-0.15, -0.1) is 0 Å². The maximum absolute atomic E-state index is 13.3. The highest BCUT2D eigenvalue weighted by Gasteiger charge is 2.48. The molecule has 1 amide bonds. The van der Waals surface area contributed by atoms with Crippen LogP contribution < -0.4 is 26.6 Å². The van der Waals surface area contributed by atoms with E-state index in [0.717, 1.165) is 11.3 Å². The number of hydrogen-bond donors (Lipinski definition) is 4. The van der Waals surface area contributed by atoms with Crippen LogP contribution in [0.25, 0.3) is 11.3 Å². The number of halogens is 1. The number of amides is 1. The van der Waals surface area contributed by atoms with Crippen LogP contribution in [0, 0.1) is 25.6 Å². The molecule has 5 rings (SSSR count). The van der Waals surface area contributed by atoms with Crippen LogP contribution in [0.5, 0.6) is 0 Å². The third kappa shape index (κ3) is 4.42. The molecular weight excluding hydrogens is 435 g/mol. The fourth-order valence-corrected chi connectivity index (χ4v) is 4.62. The van der Waals surface area contributed by atoms with Gasteiger partial charge in [0.05, 0.1) is 18.1 Å². The van der Waals surface area contributed by atoms with E-state index in [9.17, 15) is 9.18 Å². The van der Waals surface area contributed by atoms with E-state index in [0.29, 0.717) is 18.1 Å². The molecule has 1 aromatic heterocycles. The molecule has 0 aliphatic carbocycles. The van der Waals surface area contributed by atoms with Crippen LogP contribution in [0.3, 0.4) is 0 Å². The molecule has 178 valence electrons. The maximum atomic E-state index is 13.3. The van der Waals surface area contributed by atoms with Crippen LogP contribution >= 0.6 is 0 Å². The number of nitrogens with one attached hydrogen (secondary N) is 4. The van der Waals surface area contributed by atoms with Gasteiger partial charge in [0.2, 0.25) is 5.91 Å². The third-order valence-electron chi connectivity index (χ3n) is 6.67.